The van der Waals surface area contributed by atoms with Crippen molar-refractivity contribution in [2.45, 2.75) is 25.7 Å². The van der Waals surface area contributed by atoms with Crippen LogP contribution < -0.4 is 0 Å². The molecule has 2 nitrogen and oxygen atoms in total. The van der Waals surface area contributed by atoms with Crippen molar-refractivity contribution in [3.8, 4) is 0 Å². The van der Waals surface area contributed by atoms with Crippen molar-refractivity contribution in [2.24, 2.45) is 0 Å². The predicted octanol–water partition coefficient (Wildman–Crippen LogP) is 3.71. The highest BCUT2D eigenvalue weighted by Crippen LogP contribution is 2.25. The summed E-state index contributed by atoms with van der Waals surface area (Å²) in [4.78, 5) is 14.0. The minimum atomic E-state index is 1.27. The van der Waals surface area contributed by atoms with Crippen molar-refractivity contribution >= 4 is 5.57 Å². The summed E-state index contributed by atoms with van der Waals surface area (Å²) in [6, 6.07) is 10.7. The second-order valence-electron chi connectivity index (χ2n) is 3.34. The SMILES string of the molecule is C1=C(c2ccccc2)CCCC1.O=O. The number of rotatable bonds is 1. The zero-order valence-electron chi connectivity index (χ0n) is 8.11. The van der Waals surface area contributed by atoms with Gasteiger partial charge in [-0.15, -0.1) is 0 Å². The van der Waals surface area contributed by atoms with Gasteiger partial charge in [0.15, 0.2) is 0 Å². The Morgan fingerprint density at radius 3 is 2.21 bits per heavy atom. The van der Waals surface area contributed by atoms with E-state index in [4.69, 9.17) is 9.93 Å². The van der Waals surface area contributed by atoms with Crippen LogP contribution in [0.25, 0.3) is 5.57 Å². The average molecular weight is 190 g/mol. The molecule has 0 aromatic heterocycles. The molecule has 14 heavy (non-hydrogen) atoms. The molecule has 0 N–H and O–H groups in total. The second kappa shape index (κ2) is 6.08. The number of hydrogen-bond acceptors (Lipinski definition) is 2. The van der Waals surface area contributed by atoms with Crippen molar-refractivity contribution in [3.05, 3.63) is 51.9 Å². The first-order valence-electron chi connectivity index (χ1n) is 4.88. The van der Waals surface area contributed by atoms with Crippen LogP contribution in [0.1, 0.15) is 31.2 Å². The van der Waals surface area contributed by atoms with E-state index >= 15 is 0 Å². The molecular formula is C12H14O2. The van der Waals surface area contributed by atoms with Crippen LogP contribution in [-0.4, -0.2) is 0 Å². The minimum absolute atomic E-state index is 1.27. The molecule has 0 bridgehead atoms. The number of benzene rings is 1. The largest absolute Gasteiger partial charge is 0.0807 e. The van der Waals surface area contributed by atoms with E-state index in [1.54, 1.807) is 5.57 Å². The van der Waals surface area contributed by atoms with E-state index in [2.05, 4.69) is 36.4 Å². The van der Waals surface area contributed by atoms with Crippen LogP contribution in [0.3, 0.4) is 0 Å². The van der Waals surface area contributed by atoms with Crippen molar-refractivity contribution in [1.82, 2.24) is 0 Å². The van der Waals surface area contributed by atoms with Crippen LogP contribution in [0.15, 0.2) is 36.4 Å². The van der Waals surface area contributed by atoms with Gasteiger partial charge in [0.2, 0.25) is 0 Å². The molecule has 74 valence electrons. The van der Waals surface area contributed by atoms with Gasteiger partial charge in [0.05, 0.1) is 0 Å². The normalized spacial score (nSPS) is 15.0. The lowest BCUT2D eigenvalue weighted by Crippen LogP contribution is -1.90. The number of allylic oxidation sites excluding steroid dienone is 2. The molecule has 0 saturated carbocycles. The summed E-state index contributed by atoms with van der Waals surface area (Å²) in [6.07, 6.45) is 7.66. The van der Waals surface area contributed by atoms with Gasteiger partial charge >= 0.3 is 0 Å². The molecule has 0 saturated heterocycles. The first-order valence-corrected chi connectivity index (χ1v) is 4.88. The quantitative estimate of drug-likeness (QED) is 0.676. The molecule has 0 heterocycles. The fourth-order valence-electron chi connectivity index (χ4n) is 1.75. The maximum atomic E-state index is 7.00. The molecule has 0 spiro atoms. The van der Waals surface area contributed by atoms with E-state index < -0.39 is 0 Å². The molecule has 0 radical (unpaired) electrons. The average Bonchev–Trinajstić information content (AvgIpc) is 2.34. The van der Waals surface area contributed by atoms with E-state index in [1.165, 1.54) is 31.2 Å². The van der Waals surface area contributed by atoms with E-state index in [0.717, 1.165) is 0 Å². The Morgan fingerprint density at radius 1 is 0.929 bits per heavy atom. The van der Waals surface area contributed by atoms with Crippen LogP contribution in [0, 0.1) is 9.93 Å². The summed E-state index contributed by atoms with van der Waals surface area (Å²) in [5.41, 5.74) is 2.96. The summed E-state index contributed by atoms with van der Waals surface area (Å²) in [6.45, 7) is 0. The van der Waals surface area contributed by atoms with Gasteiger partial charge in [-0.25, -0.2) is 0 Å². The minimum Gasteiger partial charge on any atom is -0.0807 e. The van der Waals surface area contributed by atoms with Crippen LogP contribution in [0.4, 0.5) is 0 Å². The van der Waals surface area contributed by atoms with E-state index in [9.17, 15) is 0 Å². The van der Waals surface area contributed by atoms with Gasteiger partial charge in [-0.1, -0.05) is 36.4 Å². The van der Waals surface area contributed by atoms with Gasteiger partial charge in [-0.2, -0.15) is 0 Å². The van der Waals surface area contributed by atoms with Crippen LogP contribution in [0.5, 0.6) is 0 Å². The zero-order valence-corrected chi connectivity index (χ0v) is 8.11. The lowest BCUT2D eigenvalue weighted by molar-refractivity contribution is 0.742. The predicted molar refractivity (Wildman–Crippen MR) is 59.6 cm³/mol. The molecule has 2 heteroatoms. The summed E-state index contributed by atoms with van der Waals surface area (Å²) in [7, 11) is 0. The summed E-state index contributed by atoms with van der Waals surface area (Å²) >= 11 is 0. The van der Waals surface area contributed by atoms with Crippen LogP contribution in [-0.2, 0) is 0 Å². The van der Waals surface area contributed by atoms with Gasteiger partial charge in [-0.05, 0) is 36.8 Å². The molecule has 1 aromatic rings. The van der Waals surface area contributed by atoms with Crippen LogP contribution >= 0.6 is 0 Å². The lowest BCUT2D eigenvalue weighted by atomic mass is 9.94. The molecular weight excluding hydrogens is 176 g/mol. The molecule has 1 aliphatic carbocycles. The first-order chi connectivity index (χ1) is 6.97. The summed E-state index contributed by atoms with van der Waals surface area (Å²) in [5, 5.41) is 0. The molecule has 0 fully saturated rings. The van der Waals surface area contributed by atoms with E-state index in [0.29, 0.717) is 0 Å². The first kappa shape index (κ1) is 10.6. The fraction of sp³-hybridized carbons (Fsp3) is 0.333. The molecule has 0 atom stereocenters. The third-order valence-corrected chi connectivity index (χ3v) is 2.44. The Morgan fingerprint density at radius 2 is 1.64 bits per heavy atom. The van der Waals surface area contributed by atoms with Gasteiger partial charge in [0, 0.05) is 9.93 Å². The Kier molecular flexibility index (Phi) is 4.62. The van der Waals surface area contributed by atoms with Gasteiger partial charge < -0.3 is 0 Å². The lowest BCUT2D eigenvalue weighted by Gasteiger charge is -2.12. The Labute approximate surface area is 83.9 Å². The zero-order chi connectivity index (χ0) is 10.2. The Bertz CT molecular complexity index is 290. The monoisotopic (exact) mass is 190 g/mol. The summed E-state index contributed by atoms with van der Waals surface area (Å²) < 4.78 is 0. The molecule has 0 aliphatic heterocycles. The summed E-state index contributed by atoms with van der Waals surface area (Å²) in [5.74, 6) is 0. The van der Waals surface area contributed by atoms with Crippen molar-refractivity contribution < 1.29 is 0 Å². The molecule has 1 aliphatic rings. The maximum absolute atomic E-state index is 7.00. The second-order valence-corrected chi connectivity index (χ2v) is 3.34. The molecule has 2 rings (SSSR count). The van der Waals surface area contributed by atoms with E-state index in [1.807, 2.05) is 0 Å². The number of hydrogen-bond donors (Lipinski definition) is 0. The molecule has 1 aromatic carbocycles. The third kappa shape index (κ3) is 2.80. The maximum Gasteiger partial charge on any atom is 0 e. The van der Waals surface area contributed by atoms with Gasteiger partial charge in [0.1, 0.15) is 0 Å². The fourth-order valence-corrected chi connectivity index (χ4v) is 1.75. The van der Waals surface area contributed by atoms with E-state index in [-0.39, 0.29) is 0 Å². The van der Waals surface area contributed by atoms with Gasteiger partial charge in [-0.3, -0.25) is 0 Å². The van der Waals surface area contributed by atoms with Gasteiger partial charge in [0.25, 0.3) is 0 Å². The molecule has 0 amide bonds. The van der Waals surface area contributed by atoms with Crippen LogP contribution in [0.2, 0.25) is 0 Å². The van der Waals surface area contributed by atoms with Crippen molar-refractivity contribution in [3.63, 3.8) is 0 Å². The third-order valence-electron chi connectivity index (χ3n) is 2.44. The topological polar surface area (TPSA) is 34.1 Å². The standard InChI is InChI=1S/C12H14.O2/c1-3-7-11(8-4-1)12-9-5-2-6-10-12;1-2/h1,3-4,7-9H,2,5-6,10H2;. The van der Waals surface area contributed by atoms with Crippen molar-refractivity contribution in [2.75, 3.05) is 0 Å². The highest BCUT2D eigenvalue weighted by molar-refractivity contribution is 5.65. The Hall–Kier alpha value is -1.44. The highest BCUT2D eigenvalue weighted by atomic mass is 16.7. The molecule has 0 unspecified atom stereocenters. The smallest absolute Gasteiger partial charge is 0 e. The Balaban J connectivity index is 0.000000461. The highest BCUT2D eigenvalue weighted by Gasteiger charge is 2.04. The van der Waals surface area contributed by atoms with Crippen molar-refractivity contribution in [1.29, 1.82) is 0 Å².